The Hall–Kier alpha value is -1.79. The van der Waals surface area contributed by atoms with Crippen LogP contribution in [0.1, 0.15) is 24.5 Å². The molecule has 1 saturated carbocycles. The number of aliphatic hydroxyl groups is 1. The molecule has 1 aliphatic carbocycles. The quantitative estimate of drug-likeness (QED) is 0.836. The molecule has 0 aromatic heterocycles. The average molecular weight is 257 g/mol. The summed E-state index contributed by atoms with van der Waals surface area (Å²) in [7, 11) is 1.85. The predicted octanol–water partition coefficient (Wildman–Crippen LogP) is 1.64. The van der Waals surface area contributed by atoms with Crippen molar-refractivity contribution in [2.75, 3.05) is 13.7 Å². The first-order valence-electron chi connectivity index (χ1n) is 6.55. The Labute approximate surface area is 114 Å². The van der Waals surface area contributed by atoms with Crippen molar-refractivity contribution in [3.05, 3.63) is 35.4 Å². The summed E-state index contributed by atoms with van der Waals surface area (Å²) in [6, 6.07) is 7.77. The lowest BCUT2D eigenvalue weighted by molar-refractivity contribution is -0.132. The summed E-state index contributed by atoms with van der Waals surface area (Å²) >= 11 is 0. The van der Waals surface area contributed by atoms with Crippen LogP contribution in [-0.2, 0) is 11.3 Å². The van der Waals surface area contributed by atoms with E-state index < -0.39 is 0 Å². The second-order valence-electron chi connectivity index (χ2n) is 5.17. The Morgan fingerprint density at radius 2 is 2.05 bits per heavy atom. The van der Waals surface area contributed by atoms with Crippen molar-refractivity contribution in [3.8, 4) is 11.8 Å². The number of nitrogens with zero attached hydrogens (tertiary/aromatic N) is 1. The molecule has 2 atom stereocenters. The molecule has 0 spiro atoms. The summed E-state index contributed by atoms with van der Waals surface area (Å²) in [5.41, 5.74) is 1.97. The molecule has 19 heavy (non-hydrogen) atoms. The van der Waals surface area contributed by atoms with Gasteiger partial charge in [-0.1, -0.05) is 30.9 Å². The van der Waals surface area contributed by atoms with Crippen molar-refractivity contribution in [2.24, 2.45) is 11.8 Å². The van der Waals surface area contributed by atoms with Gasteiger partial charge in [0.25, 0.3) is 0 Å². The van der Waals surface area contributed by atoms with Gasteiger partial charge >= 0.3 is 0 Å². The van der Waals surface area contributed by atoms with Gasteiger partial charge in [0, 0.05) is 25.1 Å². The highest BCUT2D eigenvalue weighted by atomic mass is 16.2. The molecule has 0 bridgehead atoms. The Balaban J connectivity index is 1.93. The minimum absolute atomic E-state index is 0.126. The van der Waals surface area contributed by atoms with Gasteiger partial charge in [0.2, 0.25) is 5.91 Å². The smallest absolute Gasteiger partial charge is 0.226 e. The van der Waals surface area contributed by atoms with E-state index in [9.17, 15) is 4.79 Å². The van der Waals surface area contributed by atoms with E-state index in [1.807, 2.05) is 31.3 Å². The third-order valence-corrected chi connectivity index (χ3v) is 3.49. The Morgan fingerprint density at radius 1 is 1.42 bits per heavy atom. The van der Waals surface area contributed by atoms with Crippen LogP contribution in [0.4, 0.5) is 0 Å². The van der Waals surface area contributed by atoms with Crippen LogP contribution in [0, 0.1) is 23.7 Å². The van der Waals surface area contributed by atoms with Gasteiger partial charge in [-0.05, 0) is 30.0 Å². The third-order valence-electron chi connectivity index (χ3n) is 3.49. The highest BCUT2D eigenvalue weighted by molar-refractivity contribution is 5.81. The van der Waals surface area contributed by atoms with Crippen LogP contribution in [0.3, 0.4) is 0 Å². The first-order valence-corrected chi connectivity index (χ1v) is 6.55. The predicted molar refractivity (Wildman–Crippen MR) is 74.2 cm³/mol. The fraction of sp³-hybridized carbons (Fsp3) is 0.438. The summed E-state index contributed by atoms with van der Waals surface area (Å²) in [4.78, 5) is 13.8. The summed E-state index contributed by atoms with van der Waals surface area (Å²) < 4.78 is 0. The zero-order valence-electron chi connectivity index (χ0n) is 11.4. The molecule has 0 saturated heterocycles. The van der Waals surface area contributed by atoms with E-state index in [4.69, 9.17) is 5.11 Å². The standard InChI is InChI=1S/C16H19NO2/c1-12-10-15(12)16(19)17(2)11-14-7-5-13(6-8-14)4-3-9-18/h5-8,12,15,18H,9-11H2,1-2H3. The number of rotatable bonds is 3. The normalized spacial score (nSPS) is 20.4. The largest absolute Gasteiger partial charge is 0.384 e. The molecule has 100 valence electrons. The lowest BCUT2D eigenvalue weighted by atomic mass is 10.1. The lowest BCUT2D eigenvalue weighted by Crippen LogP contribution is -2.28. The number of carbonyl (C=O) groups excluding carboxylic acids is 1. The number of aliphatic hydroxyl groups excluding tert-OH is 1. The molecule has 2 unspecified atom stereocenters. The molecule has 1 aromatic rings. The van der Waals surface area contributed by atoms with E-state index in [1.165, 1.54) is 0 Å². The van der Waals surface area contributed by atoms with Crippen LogP contribution in [0.2, 0.25) is 0 Å². The molecule has 1 aliphatic rings. The SMILES string of the molecule is CC1CC1C(=O)N(C)Cc1ccc(C#CCO)cc1. The molecular formula is C16H19NO2. The van der Waals surface area contributed by atoms with Crippen LogP contribution in [0.5, 0.6) is 0 Å². The van der Waals surface area contributed by atoms with E-state index >= 15 is 0 Å². The van der Waals surface area contributed by atoms with Crippen molar-refractivity contribution >= 4 is 5.91 Å². The van der Waals surface area contributed by atoms with Crippen molar-refractivity contribution < 1.29 is 9.90 Å². The second kappa shape index (κ2) is 5.90. The number of hydrogen-bond donors (Lipinski definition) is 1. The minimum Gasteiger partial charge on any atom is -0.384 e. The number of hydrogen-bond acceptors (Lipinski definition) is 2. The number of amides is 1. The van der Waals surface area contributed by atoms with Crippen LogP contribution in [0.15, 0.2) is 24.3 Å². The molecule has 1 amide bonds. The third kappa shape index (κ3) is 3.59. The molecule has 1 fully saturated rings. The topological polar surface area (TPSA) is 40.5 Å². The monoisotopic (exact) mass is 257 g/mol. The van der Waals surface area contributed by atoms with Gasteiger partial charge in [-0.2, -0.15) is 0 Å². The zero-order valence-corrected chi connectivity index (χ0v) is 11.4. The van der Waals surface area contributed by atoms with Crippen molar-refractivity contribution in [3.63, 3.8) is 0 Å². The minimum atomic E-state index is -0.126. The molecule has 0 aliphatic heterocycles. The number of benzene rings is 1. The maximum absolute atomic E-state index is 12.0. The van der Waals surface area contributed by atoms with Gasteiger partial charge in [-0.25, -0.2) is 0 Å². The van der Waals surface area contributed by atoms with Crippen LogP contribution in [0.25, 0.3) is 0 Å². The first-order chi connectivity index (χ1) is 9.11. The molecular weight excluding hydrogens is 238 g/mol. The van der Waals surface area contributed by atoms with Gasteiger partial charge < -0.3 is 10.0 Å². The maximum Gasteiger partial charge on any atom is 0.226 e. The molecule has 2 rings (SSSR count). The fourth-order valence-corrected chi connectivity index (χ4v) is 2.14. The summed E-state index contributed by atoms with van der Waals surface area (Å²) in [6.45, 7) is 2.62. The van der Waals surface area contributed by atoms with Crippen molar-refractivity contribution in [2.45, 2.75) is 19.9 Å². The van der Waals surface area contributed by atoms with E-state index in [-0.39, 0.29) is 18.4 Å². The summed E-state index contributed by atoms with van der Waals surface area (Å²) in [5, 5.41) is 8.62. The van der Waals surface area contributed by atoms with Gasteiger partial charge in [0.15, 0.2) is 0 Å². The molecule has 3 nitrogen and oxygen atoms in total. The lowest BCUT2D eigenvalue weighted by Gasteiger charge is -2.17. The van der Waals surface area contributed by atoms with Crippen LogP contribution >= 0.6 is 0 Å². The van der Waals surface area contributed by atoms with E-state index in [0.717, 1.165) is 17.5 Å². The van der Waals surface area contributed by atoms with Crippen molar-refractivity contribution in [1.29, 1.82) is 0 Å². The van der Waals surface area contributed by atoms with Gasteiger partial charge in [0.1, 0.15) is 6.61 Å². The molecule has 1 aromatic carbocycles. The molecule has 1 N–H and O–H groups in total. The second-order valence-corrected chi connectivity index (χ2v) is 5.17. The van der Waals surface area contributed by atoms with Gasteiger partial charge in [-0.15, -0.1) is 0 Å². The zero-order chi connectivity index (χ0) is 13.8. The van der Waals surface area contributed by atoms with E-state index in [1.54, 1.807) is 4.90 Å². The Bertz CT molecular complexity index is 510. The number of carbonyl (C=O) groups is 1. The van der Waals surface area contributed by atoms with Crippen LogP contribution in [-0.4, -0.2) is 29.6 Å². The van der Waals surface area contributed by atoms with E-state index in [0.29, 0.717) is 12.5 Å². The molecule has 0 heterocycles. The first kappa shape index (κ1) is 13.6. The van der Waals surface area contributed by atoms with Gasteiger partial charge in [-0.3, -0.25) is 4.79 Å². The average Bonchev–Trinajstić information content (AvgIpc) is 3.14. The van der Waals surface area contributed by atoms with Gasteiger partial charge in [0.05, 0.1) is 0 Å². The maximum atomic E-state index is 12.0. The summed E-state index contributed by atoms with van der Waals surface area (Å²) in [6.07, 6.45) is 1.03. The van der Waals surface area contributed by atoms with Crippen LogP contribution < -0.4 is 0 Å². The van der Waals surface area contributed by atoms with E-state index in [2.05, 4.69) is 18.8 Å². The Kier molecular flexibility index (Phi) is 4.24. The Morgan fingerprint density at radius 3 is 2.58 bits per heavy atom. The molecule has 3 heteroatoms. The van der Waals surface area contributed by atoms with Crippen molar-refractivity contribution in [1.82, 2.24) is 4.90 Å². The molecule has 0 radical (unpaired) electrons. The summed E-state index contributed by atoms with van der Waals surface area (Å²) in [5.74, 6) is 6.49. The highest BCUT2D eigenvalue weighted by Gasteiger charge is 2.40. The highest BCUT2D eigenvalue weighted by Crippen LogP contribution is 2.39. The fourth-order valence-electron chi connectivity index (χ4n) is 2.14.